The number of halogens is 1. The summed E-state index contributed by atoms with van der Waals surface area (Å²) in [6.45, 7) is 1.44. The van der Waals surface area contributed by atoms with E-state index >= 15 is 0 Å². The quantitative estimate of drug-likeness (QED) is 0.859. The average Bonchev–Trinajstić information content (AvgIpc) is 2.79. The lowest BCUT2D eigenvalue weighted by Gasteiger charge is -2.09. The number of nitrogens with zero attached hydrogens (tertiary/aromatic N) is 1. The van der Waals surface area contributed by atoms with E-state index in [9.17, 15) is 17.6 Å². The summed E-state index contributed by atoms with van der Waals surface area (Å²) in [5, 5.41) is 8.81. The van der Waals surface area contributed by atoms with Crippen LogP contribution in [0.25, 0.3) is 0 Å². The molecule has 118 valence electrons. The van der Waals surface area contributed by atoms with Gasteiger partial charge in [-0.25, -0.2) is 22.6 Å². The second-order valence-corrected chi connectivity index (χ2v) is 6.79. The highest BCUT2D eigenvalue weighted by Crippen LogP contribution is 2.29. The molecule has 7 nitrogen and oxygen atoms in total. The molecule has 0 aliphatic carbocycles. The molecule has 0 atom stereocenters. The van der Waals surface area contributed by atoms with E-state index in [1.807, 2.05) is 0 Å². The van der Waals surface area contributed by atoms with Crippen LogP contribution in [-0.4, -0.2) is 31.6 Å². The first kappa shape index (κ1) is 16.2. The fourth-order valence-electron chi connectivity index (χ4n) is 1.67. The first-order chi connectivity index (χ1) is 10.2. The van der Waals surface area contributed by atoms with E-state index in [4.69, 9.17) is 9.84 Å². The van der Waals surface area contributed by atoms with Crippen LogP contribution in [0.5, 0.6) is 5.75 Å². The third-order valence-electron chi connectivity index (χ3n) is 2.63. The molecule has 0 bridgehead atoms. The number of benzene rings is 1. The molecule has 1 heterocycles. The van der Waals surface area contributed by atoms with E-state index in [0.29, 0.717) is 11.3 Å². The SMILES string of the molecule is COc1ccc(F)cc1S(=O)(=O)Nc1nc(C)c(C(=O)O)s1. The summed E-state index contributed by atoms with van der Waals surface area (Å²) >= 11 is 0.671. The highest BCUT2D eigenvalue weighted by molar-refractivity contribution is 7.93. The second kappa shape index (κ2) is 5.89. The zero-order valence-electron chi connectivity index (χ0n) is 11.5. The monoisotopic (exact) mass is 346 g/mol. The molecule has 0 fully saturated rings. The number of aromatic nitrogens is 1. The maximum absolute atomic E-state index is 13.3. The van der Waals surface area contributed by atoms with Gasteiger partial charge in [0.05, 0.1) is 12.8 Å². The van der Waals surface area contributed by atoms with Crippen molar-refractivity contribution in [3.8, 4) is 5.75 Å². The lowest BCUT2D eigenvalue weighted by molar-refractivity contribution is 0.0701. The number of rotatable bonds is 5. The van der Waals surface area contributed by atoms with Crippen LogP contribution < -0.4 is 9.46 Å². The lowest BCUT2D eigenvalue weighted by Crippen LogP contribution is -2.14. The number of aryl methyl sites for hydroxylation is 1. The van der Waals surface area contributed by atoms with Gasteiger partial charge in [0, 0.05) is 0 Å². The number of anilines is 1. The molecule has 0 aliphatic heterocycles. The number of nitrogens with one attached hydrogen (secondary N) is 1. The van der Waals surface area contributed by atoms with Gasteiger partial charge < -0.3 is 9.84 Å². The molecule has 0 radical (unpaired) electrons. The van der Waals surface area contributed by atoms with Crippen LogP contribution in [-0.2, 0) is 10.0 Å². The Balaban J connectivity index is 2.42. The van der Waals surface area contributed by atoms with E-state index in [1.54, 1.807) is 0 Å². The molecule has 10 heteroatoms. The minimum atomic E-state index is -4.17. The van der Waals surface area contributed by atoms with Crippen molar-refractivity contribution in [1.29, 1.82) is 0 Å². The van der Waals surface area contributed by atoms with Gasteiger partial charge in [0.2, 0.25) is 0 Å². The predicted octanol–water partition coefficient (Wildman–Crippen LogP) is 2.10. The predicted molar refractivity (Wildman–Crippen MR) is 77.6 cm³/mol. The van der Waals surface area contributed by atoms with Crippen molar-refractivity contribution in [2.45, 2.75) is 11.8 Å². The van der Waals surface area contributed by atoms with Crippen molar-refractivity contribution in [3.63, 3.8) is 0 Å². The number of carboxylic acid groups (broad SMARTS) is 1. The summed E-state index contributed by atoms with van der Waals surface area (Å²) in [6, 6.07) is 3.05. The zero-order chi connectivity index (χ0) is 16.5. The summed E-state index contributed by atoms with van der Waals surface area (Å²) in [5.74, 6) is -1.99. The number of sulfonamides is 1. The minimum absolute atomic E-state index is 0.0411. The van der Waals surface area contributed by atoms with Crippen LogP contribution in [0.2, 0.25) is 0 Å². The van der Waals surface area contributed by atoms with Crippen molar-refractivity contribution in [1.82, 2.24) is 4.98 Å². The summed E-state index contributed by atoms with van der Waals surface area (Å²) in [5.41, 5.74) is 0.182. The molecule has 2 rings (SSSR count). The lowest BCUT2D eigenvalue weighted by atomic mass is 10.3. The highest BCUT2D eigenvalue weighted by atomic mass is 32.2. The van der Waals surface area contributed by atoms with Gasteiger partial charge in [0.1, 0.15) is 21.3 Å². The molecule has 0 unspecified atom stereocenters. The van der Waals surface area contributed by atoms with E-state index in [2.05, 4.69) is 9.71 Å². The van der Waals surface area contributed by atoms with Crippen LogP contribution >= 0.6 is 11.3 Å². The van der Waals surface area contributed by atoms with Gasteiger partial charge in [-0.15, -0.1) is 0 Å². The van der Waals surface area contributed by atoms with Crippen molar-refractivity contribution < 1.29 is 27.4 Å². The Labute approximate surface area is 129 Å². The standard InChI is InChI=1S/C12H11FN2O5S2/c1-6-10(11(16)17)21-12(14-6)15-22(18,19)9-5-7(13)3-4-8(9)20-2/h3-5H,1-2H3,(H,14,15)(H,16,17). The van der Waals surface area contributed by atoms with Gasteiger partial charge in [-0.3, -0.25) is 4.72 Å². The molecule has 2 aromatic rings. The van der Waals surface area contributed by atoms with Crippen LogP contribution in [0.1, 0.15) is 15.4 Å². The Bertz CT molecular complexity index is 832. The molecular weight excluding hydrogens is 335 g/mol. The fourth-order valence-corrected chi connectivity index (χ4v) is 3.89. The fraction of sp³-hybridized carbons (Fsp3) is 0.167. The van der Waals surface area contributed by atoms with Gasteiger partial charge in [-0.1, -0.05) is 11.3 Å². The summed E-state index contributed by atoms with van der Waals surface area (Å²) < 4.78 is 44.9. The molecule has 22 heavy (non-hydrogen) atoms. The second-order valence-electron chi connectivity index (χ2n) is 4.14. The van der Waals surface area contributed by atoms with E-state index < -0.39 is 26.7 Å². The van der Waals surface area contributed by atoms with Crippen LogP contribution in [0.3, 0.4) is 0 Å². The van der Waals surface area contributed by atoms with Gasteiger partial charge in [-0.2, -0.15) is 0 Å². The Morgan fingerprint density at radius 3 is 2.68 bits per heavy atom. The zero-order valence-corrected chi connectivity index (χ0v) is 13.1. The molecule has 0 aliphatic rings. The van der Waals surface area contributed by atoms with E-state index in [0.717, 1.165) is 12.1 Å². The Hall–Kier alpha value is -2.20. The third kappa shape index (κ3) is 3.17. The van der Waals surface area contributed by atoms with Crippen molar-refractivity contribution in [2.24, 2.45) is 0 Å². The smallest absolute Gasteiger partial charge is 0.347 e. The molecule has 0 saturated carbocycles. The van der Waals surface area contributed by atoms with Crippen LogP contribution in [0.15, 0.2) is 23.1 Å². The molecule has 0 saturated heterocycles. The van der Waals surface area contributed by atoms with Gasteiger partial charge >= 0.3 is 5.97 Å². The Morgan fingerprint density at radius 2 is 2.14 bits per heavy atom. The maximum atomic E-state index is 13.3. The average molecular weight is 346 g/mol. The highest BCUT2D eigenvalue weighted by Gasteiger charge is 2.23. The summed E-state index contributed by atoms with van der Waals surface area (Å²) in [4.78, 5) is 14.3. The van der Waals surface area contributed by atoms with Crippen molar-refractivity contribution >= 4 is 32.5 Å². The van der Waals surface area contributed by atoms with Crippen LogP contribution in [0.4, 0.5) is 9.52 Å². The summed E-state index contributed by atoms with van der Waals surface area (Å²) in [6.07, 6.45) is 0. The normalized spacial score (nSPS) is 11.2. The Morgan fingerprint density at radius 1 is 1.45 bits per heavy atom. The van der Waals surface area contributed by atoms with Crippen LogP contribution in [0, 0.1) is 12.7 Å². The first-order valence-electron chi connectivity index (χ1n) is 5.81. The number of carbonyl (C=O) groups is 1. The number of ether oxygens (including phenoxy) is 1. The number of aromatic carboxylic acids is 1. The third-order valence-corrected chi connectivity index (χ3v) is 5.18. The van der Waals surface area contributed by atoms with Gasteiger partial charge in [0.25, 0.3) is 10.0 Å². The van der Waals surface area contributed by atoms with Crippen molar-refractivity contribution in [2.75, 3.05) is 11.8 Å². The number of hydrogen-bond donors (Lipinski definition) is 2. The number of methoxy groups -OCH3 is 1. The molecule has 0 amide bonds. The topological polar surface area (TPSA) is 106 Å². The number of thiazole rings is 1. The number of hydrogen-bond acceptors (Lipinski definition) is 6. The largest absolute Gasteiger partial charge is 0.495 e. The number of carboxylic acids is 1. The minimum Gasteiger partial charge on any atom is -0.495 e. The Kier molecular flexibility index (Phi) is 4.33. The van der Waals surface area contributed by atoms with Crippen molar-refractivity contribution in [3.05, 3.63) is 34.6 Å². The van der Waals surface area contributed by atoms with Gasteiger partial charge in [0.15, 0.2) is 5.13 Å². The molecule has 0 spiro atoms. The molecule has 2 N–H and O–H groups in total. The first-order valence-corrected chi connectivity index (χ1v) is 8.11. The van der Waals surface area contributed by atoms with Gasteiger partial charge in [-0.05, 0) is 25.1 Å². The van der Waals surface area contributed by atoms with E-state index in [1.165, 1.54) is 20.1 Å². The molecule has 1 aromatic carbocycles. The maximum Gasteiger partial charge on any atom is 0.347 e. The summed E-state index contributed by atoms with van der Waals surface area (Å²) in [7, 11) is -2.92. The molecular formula is C12H11FN2O5S2. The molecule has 1 aromatic heterocycles. The van der Waals surface area contributed by atoms with E-state index in [-0.39, 0.29) is 21.5 Å².